The molecule has 0 aliphatic heterocycles. The molecule has 0 rings (SSSR count). The van der Waals surface area contributed by atoms with E-state index in [0.29, 0.717) is 0 Å². The number of carboxylic acid groups (broad SMARTS) is 1. The van der Waals surface area contributed by atoms with Crippen LogP contribution in [0.25, 0.3) is 0 Å². The first-order valence-electron chi connectivity index (χ1n) is 1.46. The Kier molecular flexibility index (Phi) is 1.57. The van der Waals surface area contributed by atoms with Crippen molar-refractivity contribution in [3.8, 4) is 0 Å². The van der Waals surface area contributed by atoms with Gasteiger partial charge in [0.25, 0.3) is 0 Å². The summed E-state index contributed by atoms with van der Waals surface area (Å²) < 4.78 is 22.4. The van der Waals surface area contributed by atoms with Crippen molar-refractivity contribution < 1.29 is 18.7 Å². The van der Waals surface area contributed by atoms with Gasteiger partial charge in [-0.3, -0.25) is 0 Å². The van der Waals surface area contributed by atoms with Crippen molar-refractivity contribution >= 4 is 5.97 Å². The van der Waals surface area contributed by atoms with Crippen molar-refractivity contribution in [3.63, 3.8) is 0 Å². The van der Waals surface area contributed by atoms with E-state index in [1.165, 1.54) is 0 Å². The van der Waals surface area contributed by atoms with E-state index in [9.17, 15) is 13.6 Å². The maximum Gasteiger partial charge on any atom is 0.474 e. The predicted octanol–water partition coefficient (Wildman–Crippen LogP) is 0.430. The summed E-state index contributed by atoms with van der Waals surface area (Å²) >= 11 is 0. The maximum atomic E-state index is 11.2. The van der Waals surface area contributed by atoms with Gasteiger partial charge in [-0.1, -0.05) is 0 Å². The van der Waals surface area contributed by atoms with Crippen molar-refractivity contribution in [3.05, 3.63) is 4.91 Å². The zero-order valence-corrected chi connectivity index (χ0v) is 3.47. The second-order valence-corrected chi connectivity index (χ2v) is 0.938. The Morgan fingerprint density at radius 1 is 1.62 bits per heavy atom. The summed E-state index contributed by atoms with van der Waals surface area (Å²) in [5.74, 6) is -2.53. The standard InChI is InChI=1S/C2HF2NO3/c3-2(4,5-8)1(6)7/h(H,6,7). The van der Waals surface area contributed by atoms with Gasteiger partial charge >= 0.3 is 12.0 Å². The molecule has 0 atom stereocenters. The Bertz CT molecular complexity index is 122. The summed E-state index contributed by atoms with van der Waals surface area (Å²) in [6.45, 7) is 0. The molecule has 0 fully saturated rings. The molecule has 0 amide bonds. The van der Waals surface area contributed by atoms with Gasteiger partial charge in [0, 0.05) is 5.18 Å². The molecule has 0 aromatic rings. The Hall–Kier alpha value is -1.07. The van der Waals surface area contributed by atoms with E-state index >= 15 is 0 Å². The van der Waals surface area contributed by atoms with Gasteiger partial charge in [0.15, 0.2) is 0 Å². The highest BCUT2D eigenvalue weighted by Gasteiger charge is 2.40. The quantitative estimate of drug-likeness (QED) is 0.429. The number of alkyl halides is 2. The molecule has 1 N–H and O–H groups in total. The average Bonchev–Trinajstić information content (AvgIpc) is 1.67. The van der Waals surface area contributed by atoms with Crippen LogP contribution in [0.5, 0.6) is 0 Å². The lowest BCUT2D eigenvalue weighted by Gasteiger charge is -1.95. The van der Waals surface area contributed by atoms with E-state index in [2.05, 4.69) is 0 Å². The topological polar surface area (TPSA) is 66.7 Å². The minimum absolute atomic E-state index is 1.04. The molecule has 0 bridgehead atoms. The molecule has 0 aliphatic rings. The van der Waals surface area contributed by atoms with Crippen molar-refractivity contribution in [2.45, 2.75) is 6.05 Å². The molecule has 0 radical (unpaired) electrons. The Morgan fingerprint density at radius 2 is 2.00 bits per heavy atom. The van der Waals surface area contributed by atoms with E-state index in [-0.39, 0.29) is 0 Å². The summed E-state index contributed by atoms with van der Waals surface area (Å²) in [4.78, 5) is 18.1. The highest BCUT2D eigenvalue weighted by molar-refractivity contribution is 5.74. The van der Waals surface area contributed by atoms with Crippen LogP contribution in [0.15, 0.2) is 5.18 Å². The summed E-state index contributed by atoms with van der Waals surface area (Å²) in [6, 6.07) is -4.47. The fourth-order valence-electron chi connectivity index (χ4n) is 0.0390. The number of hydrogen-bond donors (Lipinski definition) is 1. The van der Waals surface area contributed by atoms with E-state index in [1.54, 1.807) is 0 Å². The van der Waals surface area contributed by atoms with Crippen molar-refractivity contribution in [2.75, 3.05) is 0 Å². The molecule has 8 heavy (non-hydrogen) atoms. The van der Waals surface area contributed by atoms with Crippen LogP contribution < -0.4 is 0 Å². The van der Waals surface area contributed by atoms with Gasteiger partial charge in [0.2, 0.25) is 0 Å². The third kappa shape index (κ3) is 1.21. The number of halogens is 2. The van der Waals surface area contributed by atoms with Gasteiger partial charge in [-0.05, 0) is 0 Å². The highest BCUT2D eigenvalue weighted by Crippen LogP contribution is 2.13. The van der Waals surface area contributed by atoms with Gasteiger partial charge in [0.05, 0.1) is 0 Å². The molecule has 0 aliphatic carbocycles. The molecule has 0 unspecified atom stereocenters. The van der Waals surface area contributed by atoms with Crippen molar-refractivity contribution in [2.24, 2.45) is 5.18 Å². The first kappa shape index (κ1) is 6.93. The molecule has 0 saturated heterocycles. The van der Waals surface area contributed by atoms with E-state index < -0.39 is 12.0 Å². The zero-order valence-electron chi connectivity index (χ0n) is 3.47. The third-order valence-electron chi connectivity index (χ3n) is 0.372. The lowest BCUT2D eigenvalue weighted by Crippen LogP contribution is -2.24. The average molecular weight is 125 g/mol. The SMILES string of the molecule is O=NC(F)(F)C(=O)O. The lowest BCUT2D eigenvalue weighted by molar-refractivity contribution is -0.163. The first-order valence-corrected chi connectivity index (χ1v) is 1.46. The summed E-state index contributed by atoms with van der Waals surface area (Å²) in [6.07, 6.45) is 0. The zero-order chi connectivity index (χ0) is 6.78. The van der Waals surface area contributed by atoms with Crippen LogP contribution in [0.2, 0.25) is 0 Å². The number of rotatable bonds is 2. The number of carbonyl (C=O) groups is 1. The molecular weight excluding hydrogens is 124 g/mol. The van der Waals surface area contributed by atoms with Crippen LogP contribution in [0.3, 0.4) is 0 Å². The molecule has 0 aromatic carbocycles. The number of carboxylic acids is 1. The normalized spacial score (nSPS) is 10.8. The second kappa shape index (κ2) is 1.81. The Morgan fingerprint density at radius 3 is 2.00 bits per heavy atom. The predicted molar refractivity (Wildman–Crippen MR) is 18.4 cm³/mol. The highest BCUT2D eigenvalue weighted by atomic mass is 19.3. The first-order chi connectivity index (χ1) is 3.50. The minimum atomic E-state index is -4.47. The maximum absolute atomic E-state index is 11.2. The van der Waals surface area contributed by atoms with Gasteiger partial charge in [-0.2, -0.15) is 8.78 Å². The number of nitroso groups, excluding NO2 is 1. The molecule has 6 heteroatoms. The van der Waals surface area contributed by atoms with E-state index in [0.717, 1.165) is 5.18 Å². The number of nitrogens with zero attached hydrogens (tertiary/aromatic N) is 1. The summed E-state index contributed by atoms with van der Waals surface area (Å²) in [7, 11) is 0. The van der Waals surface area contributed by atoms with Crippen LogP contribution >= 0.6 is 0 Å². The molecule has 46 valence electrons. The fourth-order valence-corrected chi connectivity index (χ4v) is 0.0390. The monoisotopic (exact) mass is 125 g/mol. The fraction of sp³-hybridized carbons (Fsp3) is 0.500. The van der Waals surface area contributed by atoms with E-state index in [4.69, 9.17) is 10.0 Å². The molecular formula is C2HF2NO3. The largest absolute Gasteiger partial charge is 0.475 e. The van der Waals surface area contributed by atoms with Crippen LogP contribution in [0, 0.1) is 4.91 Å². The van der Waals surface area contributed by atoms with E-state index in [1.807, 2.05) is 0 Å². The van der Waals surface area contributed by atoms with Crippen LogP contribution in [0.4, 0.5) is 8.78 Å². The Balaban J connectivity index is 4.12. The summed E-state index contributed by atoms with van der Waals surface area (Å²) in [5.41, 5.74) is 0. The minimum Gasteiger partial charge on any atom is -0.475 e. The number of hydrogen-bond acceptors (Lipinski definition) is 3. The van der Waals surface area contributed by atoms with Crippen molar-refractivity contribution in [1.29, 1.82) is 0 Å². The van der Waals surface area contributed by atoms with Crippen LogP contribution in [-0.2, 0) is 4.79 Å². The molecule has 0 saturated carbocycles. The molecule has 0 spiro atoms. The van der Waals surface area contributed by atoms with Gasteiger partial charge < -0.3 is 5.11 Å². The molecule has 0 aromatic heterocycles. The number of aliphatic carboxylic acids is 1. The van der Waals surface area contributed by atoms with Crippen LogP contribution in [0.1, 0.15) is 0 Å². The van der Waals surface area contributed by atoms with Gasteiger partial charge in [-0.15, -0.1) is 4.91 Å². The lowest BCUT2D eigenvalue weighted by atomic mass is 10.6. The second-order valence-electron chi connectivity index (χ2n) is 0.938. The molecule has 4 nitrogen and oxygen atoms in total. The van der Waals surface area contributed by atoms with Crippen LogP contribution in [-0.4, -0.2) is 17.1 Å². The smallest absolute Gasteiger partial charge is 0.474 e. The molecule has 0 heterocycles. The van der Waals surface area contributed by atoms with Crippen molar-refractivity contribution in [1.82, 2.24) is 0 Å². The summed E-state index contributed by atoms with van der Waals surface area (Å²) in [5, 5.41) is 8.43. The van der Waals surface area contributed by atoms with Gasteiger partial charge in [-0.25, -0.2) is 4.79 Å². The van der Waals surface area contributed by atoms with Gasteiger partial charge in [0.1, 0.15) is 0 Å². The third-order valence-corrected chi connectivity index (χ3v) is 0.372. The Labute approximate surface area is 42.1 Å².